The second-order valence-corrected chi connectivity index (χ2v) is 6.62. The van der Waals surface area contributed by atoms with E-state index >= 15 is 0 Å². The number of nitrogens with zero attached hydrogens (tertiary/aromatic N) is 1. The Kier molecular flexibility index (Phi) is 6.65. The molecule has 0 amide bonds. The molecule has 2 unspecified atom stereocenters. The van der Waals surface area contributed by atoms with Crippen molar-refractivity contribution in [3.05, 3.63) is 0 Å². The summed E-state index contributed by atoms with van der Waals surface area (Å²) in [6, 6.07) is 0.621. The molecular weight excluding hydrogens is 220 g/mol. The van der Waals surface area contributed by atoms with Crippen LogP contribution >= 0.6 is 0 Å². The van der Waals surface area contributed by atoms with Gasteiger partial charge in [0.2, 0.25) is 0 Å². The molecule has 0 aromatic rings. The van der Waals surface area contributed by atoms with Crippen LogP contribution in [0.5, 0.6) is 0 Å². The van der Waals surface area contributed by atoms with Crippen molar-refractivity contribution < 1.29 is 0 Å². The van der Waals surface area contributed by atoms with Gasteiger partial charge < -0.3 is 5.73 Å². The molecule has 0 bridgehead atoms. The van der Waals surface area contributed by atoms with Crippen molar-refractivity contribution in [1.29, 1.82) is 0 Å². The Morgan fingerprint density at radius 2 is 2.06 bits per heavy atom. The Morgan fingerprint density at radius 3 is 2.56 bits per heavy atom. The maximum atomic E-state index is 6.20. The van der Waals surface area contributed by atoms with Crippen LogP contribution in [-0.4, -0.2) is 29.6 Å². The quantitative estimate of drug-likeness (QED) is 0.700. The minimum atomic E-state index is 0.291. The molecule has 1 rings (SSSR count). The summed E-state index contributed by atoms with van der Waals surface area (Å²) in [5.41, 5.74) is 6.49. The van der Waals surface area contributed by atoms with Crippen LogP contribution < -0.4 is 5.73 Å². The largest absolute Gasteiger partial charge is 0.329 e. The maximum absolute atomic E-state index is 6.20. The molecule has 1 aliphatic carbocycles. The third kappa shape index (κ3) is 3.96. The first kappa shape index (κ1) is 16.0. The predicted molar refractivity (Wildman–Crippen MR) is 80.8 cm³/mol. The monoisotopic (exact) mass is 254 g/mol. The van der Waals surface area contributed by atoms with Gasteiger partial charge in [0, 0.05) is 18.1 Å². The third-order valence-corrected chi connectivity index (χ3v) is 4.68. The Hall–Kier alpha value is -0.0800. The molecule has 0 aromatic heterocycles. The van der Waals surface area contributed by atoms with Gasteiger partial charge in [0.25, 0.3) is 0 Å². The van der Waals surface area contributed by atoms with Crippen LogP contribution in [-0.2, 0) is 0 Å². The van der Waals surface area contributed by atoms with Gasteiger partial charge in [-0.25, -0.2) is 0 Å². The minimum absolute atomic E-state index is 0.291. The van der Waals surface area contributed by atoms with Crippen LogP contribution in [0.25, 0.3) is 0 Å². The third-order valence-electron chi connectivity index (χ3n) is 4.68. The maximum Gasteiger partial charge on any atom is 0.0336 e. The van der Waals surface area contributed by atoms with Crippen molar-refractivity contribution in [2.75, 3.05) is 13.1 Å². The van der Waals surface area contributed by atoms with Crippen molar-refractivity contribution in [2.45, 2.75) is 84.2 Å². The summed E-state index contributed by atoms with van der Waals surface area (Å²) >= 11 is 0. The summed E-state index contributed by atoms with van der Waals surface area (Å²) in [6.07, 6.45) is 9.33. The van der Waals surface area contributed by atoms with E-state index in [0.29, 0.717) is 11.6 Å². The zero-order valence-electron chi connectivity index (χ0n) is 13.0. The number of unbranched alkanes of at least 4 members (excludes halogenated alkanes) is 2. The second-order valence-electron chi connectivity index (χ2n) is 6.62. The van der Waals surface area contributed by atoms with Gasteiger partial charge in [0.05, 0.1) is 0 Å². The molecule has 1 aliphatic rings. The highest BCUT2D eigenvalue weighted by Gasteiger charge is 2.39. The Morgan fingerprint density at radius 1 is 1.33 bits per heavy atom. The average molecular weight is 254 g/mol. The van der Waals surface area contributed by atoms with E-state index < -0.39 is 0 Å². The molecule has 2 N–H and O–H groups in total. The first-order valence-corrected chi connectivity index (χ1v) is 8.02. The first-order chi connectivity index (χ1) is 8.55. The fourth-order valence-electron chi connectivity index (χ4n) is 3.77. The van der Waals surface area contributed by atoms with E-state index in [1.54, 1.807) is 0 Å². The van der Waals surface area contributed by atoms with Crippen molar-refractivity contribution in [1.82, 2.24) is 4.90 Å². The molecule has 1 saturated carbocycles. The predicted octanol–water partition coefficient (Wildman–Crippen LogP) is 3.79. The lowest BCUT2D eigenvalue weighted by Gasteiger charge is -2.50. The molecular formula is C16H34N2. The summed E-state index contributed by atoms with van der Waals surface area (Å²) in [6.45, 7) is 11.4. The Labute approximate surface area is 114 Å². The second kappa shape index (κ2) is 7.49. The highest BCUT2D eigenvalue weighted by Crippen LogP contribution is 2.37. The lowest BCUT2D eigenvalue weighted by atomic mass is 9.74. The topological polar surface area (TPSA) is 29.3 Å². The SMILES string of the molecule is CCCCCN(C(C)C)C1(CN)CCCC(C)C1. The molecule has 0 heterocycles. The summed E-state index contributed by atoms with van der Waals surface area (Å²) in [4.78, 5) is 2.72. The normalized spacial score (nSPS) is 29.2. The zero-order chi connectivity index (χ0) is 13.6. The highest BCUT2D eigenvalue weighted by atomic mass is 15.2. The molecule has 2 heteroatoms. The molecule has 0 spiro atoms. The summed E-state index contributed by atoms with van der Waals surface area (Å²) in [7, 11) is 0. The van der Waals surface area contributed by atoms with Crippen LogP contribution in [0.1, 0.15) is 72.6 Å². The average Bonchev–Trinajstić information content (AvgIpc) is 2.34. The summed E-state index contributed by atoms with van der Waals surface area (Å²) < 4.78 is 0. The van der Waals surface area contributed by atoms with Gasteiger partial charge in [0.1, 0.15) is 0 Å². The van der Waals surface area contributed by atoms with E-state index in [1.807, 2.05) is 0 Å². The zero-order valence-corrected chi connectivity index (χ0v) is 13.0. The van der Waals surface area contributed by atoms with Crippen LogP contribution in [0.15, 0.2) is 0 Å². The first-order valence-electron chi connectivity index (χ1n) is 8.02. The number of hydrogen-bond acceptors (Lipinski definition) is 2. The molecule has 0 radical (unpaired) electrons. The Balaban J connectivity index is 2.72. The Bertz CT molecular complexity index is 227. The minimum Gasteiger partial charge on any atom is -0.329 e. The van der Waals surface area contributed by atoms with Crippen molar-refractivity contribution in [3.8, 4) is 0 Å². The lowest BCUT2D eigenvalue weighted by Crippen LogP contribution is -2.58. The van der Waals surface area contributed by atoms with Gasteiger partial charge in [-0.05, 0) is 45.6 Å². The van der Waals surface area contributed by atoms with Gasteiger partial charge in [-0.3, -0.25) is 4.90 Å². The molecule has 1 fully saturated rings. The van der Waals surface area contributed by atoms with Gasteiger partial charge in [-0.1, -0.05) is 39.5 Å². The fourth-order valence-corrected chi connectivity index (χ4v) is 3.77. The van der Waals surface area contributed by atoms with E-state index in [0.717, 1.165) is 12.5 Å². The molecule has 2 nitrogen and oxygen atoms in total. The molecule has 18 heavy (non-hydrogen) atoms. The van der Waals surface area contributed by atoms with E-state index in [-0.39, 0.29) is 0 Å². The van der Waals surface area contributed by atoms with E-state index in [2.05, 4.69) is 32.6 Å². The molecule has 0 saturated heterocycles. The van der Waals surface area contributed by atoms with E-state index in [1.165, 1.54) is 51.5 Å². The van der Waals surface area contributed by atoms with Crippen LogP contribution in [0.3, 0.4) is 0 Å². The lowest BCUT2D eigenvalue weighted by molar-refractivity contribution is 0.0136. The van der Waals surface area contributed by atoms with Crippen molar-refractivity contribution >= 4 is 0 Å². The number of nitrogens with two attached hydrogens (primary N) is 1. The number of rotatable bonds is 7. The summed E-state index contributed by atoms with van der Waals surface area (Å²) in [5, 5.41) is 0. The van der Waals surface area contributed by atoms with Gasteiger partial charge in [0.15, 0.2) is 0 Å². The van der Waals surface area contributed by atoms with Crippen molar-refractivity contribution in [3.63, 3.8) is 0 Å². The van der Waals surface area contributed by atoms with Gasteiger partial charge >= 0.3 is 0 Å². The smallest absolute Gasteiger partial charge is 0.0336 e. The molecule has 108 valence electrons. The highest BCUT2D eigenvalue weighted by molar-refractivity contribution is 4.97. The van der Waals surface area contributed by atoms with Crippen LogP contribution in [0.2, 0.25) is 0 Å². The van der Waals surface area contributed by atoms with Gasteiger partial charge in [-0.2, -0.15) is 0 Å². The molecule has 0 aliphatic heterocycles. The van der Waals surface area contributed by atoms with Crippen molar-refractivity contribution in [2.24, 2.45) is 11.7 Å². The van der Waals surface area contributed by atoms with E-state index in [4.69, 9.17) is 5.73 Å². The standard InChI is InChI=1S/C16H34N2/c1-5-6-7-11-18(14(2)3)16(13-17)10-8-9-15(4)12-16/h14-15H,5-13,17H2,1-4H3. The van der Waals surface area contributed by atoms with Crippen LogP contribution in [0, 0.1) is 5.92 Å². The van der Waals surface area contributed by atoms with E-state index in [9.17, 15) is 0 Å². The van der Waals surface area contributed by atoms with Crippen LogP contribution in [0.4, 0.5) is 0 Å². The number of hydrogen-bond donors (Lipinski definition) is 1. The fraction of sp³-hybridized carbons (Fsp3) is 1.00. The molecule has 0 aromatic carbocycles. The summed E-state index contributed by atoms with van der Waals surface area (Å²) in [5.74, 6) is 0.842. The molecule has 2 atom stereocenters. The van der Waals surface area contributed by atoms with Gasteiger partial charge in [-0.15, -0.1) is 0 Å².